The summed E-state index contributed by atoms with van der Waals surface area (Å²) < 4.78 is 2.02. The van der Waals surface area contributed by atoms with Crippen LogP contribution in [0.5, 0.6) is 0 Å². The first-order chi connectivity index (χ1) is 10.8. The van der Waals surface area contributed by atoms with Gasteiger partial charge in [0.25, 0.3) is 0 Å². The molecule has 1 atom stereocenters. The summed E-state index contributed by atoms with van der Waals surface area (Å²) in [4.78, 5) is 9.42. The van der Waals surface area contributed by atoms with Gasteiger partial charge >= 0.3 is 0 Å². The van der Waals surface area contributed by atoms with Crippen LogP contribution in [-0.4, -0.2) is 20.6 Å². The Kier molecular flexibility index (Phi) is 6.90. The van der Waals surface area contributed by atoms with Crippen molar-refractivity contribution in [2.75, 3.05) is 0 Å². The average molecular weight is 417 g/mol. The Hall–Kier alpha value is -0.476. The van der Waals surface area contributed by atoms with E-state index >= 15 is 0 Å². The van der Waals surface area contributed by atoms with E-state index in [1.54, 1.807) is 0 Å². The first kappa shape index (κ1) is 22.6. The van der Waals surface area contributed by atoms with Crippen molar-refractivity contribution in [2.45, 2.75) is 73.8 Å². The Bertz CT molecular complexity index is 764. The molecule has 2 rings (SSSR count). The zero-order chi connectivity index (χ0) is 18.3. The summed E-state index contributed by atoms with van der Waals surface area (Å²) in [6.07, 6.45) is 4.24. The number of imidazole rings is 1. The molecular weight excluding hydrogens is 385 g/mol. The normalized spacial score (nSPS) is 15.3. The molecule has 0 fully saturated rings. The van der Waals surface area contributed by atoms with Gasteiger partial charge in [-0.25, -0.2) is 6.07 Å². The zero-order valence-electron chi connectivity index (χ0n) is 17.2. The fraction of sp³-hybridized carbons (Fsp3) is 0.650. The van der Waals surface area contributed by atoms with Gasteiger partial charge in [0.15, 0.2) is 0 Å². The minimum atomic E-state index is 0. The van der Waals surface area contributed by atoms with Crippen molar-refractivity contribution >= 4 is 5.65 Å². The van der Waals surface area contributed by atoms with Crippen molar-refractivity contribution in [3.63, 3.8) is 0 Å². The molecule has 2 heterocycles. The van der Waals surface area contributed by atoms with E-state index in [0.717, 1.165) is 16.8 Å². The smallest absolute Gasteiger partial charge is 0.0438 e. The van der Waals surface area contributed by atoms with E-state index in [1.807, 2.05) is 16.8 Å². The molecule has 137 valence electrons. The van der Waals surface area contributed by atoms with Crippen LogP contribution in [0.3, 0.4) is 0 Å². The van der Waals surface area contributed by atoms with Gasteiger partial charge in [0.2, 0.25) is 0 Å². The van der Waals surface area contributed by atoms with Crippen LogP contribution < -0.4 is 5.49 Å². The second kappa shape index (κ2) is 7.64. The molecule has 0 aromatic carbocycles. The largest absolute Gasteiger partial charge is 0.330 e. The molecule has 0 aliphatic carbocycles. The summed E-state index contributed by atoms with van der Waals surface area (Å²) in [5, 5.41) is 3.38. The van der Waals surface area contributed by atoms with E-state index in [-0.39, 0.29) is 55.0 Å². The molecule has 1 radical (unpaired) electrons. The Balaban J connectivity index is 0.00000312. The van der Waals surface area contributed by atoms with Crippen LogP contribution in [0.1, 0.15) is 68.0 Å². The monoisotopic (exact) mass is 417 g/mol. The first-order valence-electron chi connectivity index (χ1n) is 8.66. The Morgan fingerprint density at radius 2 is 1.72 bits per heavy atom. The van der Waals surface area contributed by atoms with Gasteiger partial charge in [0, 0.05) is 55.5 Å². The Morgan fingerprint density at radius 3 is 2.20 bits per heavy atom. The van der Waals surface area contributed by atoms with Gasteiger partial charge in [-0.3, -0.25) is 6.42 Å². The SMILES string of the molecule is CC(C)(C)[CH-]C(N=c1[c-]cc2ncc(C(C)(C)C)n2[nH]1)C(C)(C)C.[Y]. The molecule has 0 bridgehead atoms. The van der Waals surface area contributed by atoms with Crippen molar-refractivity contribution < 1.29 is 32.7 Å². The van der Waals surface area contributed by atoms with Gasteiger partial charge in [-0.1, -0.05) is 68.4 Å². The summed E-state index contributed by atoms with van der Waals surface area (Å²) in [6.45, 7) is 19.9. The molecule has 0 aliphatic heterocycles. The quantitative estimate of drug-likeness (QED) is 0.727. The van der Waals surface area contributed by atoms with Crippen molar-refractivity contribution in [1.82, 2.24) is 14.6 Å². The molecule has 1 N–H and O–H groups in total. The summed E-state index contributed by atoms with van der Waals surface area (Å²) in [7, 11) is 0. The Morgan fingerprint density at radius 1 is 1.12 bits per heavy atom. The molecule has 2 aromatic rings. The van der Waals surface area contributed by atoms with E-state index in [2.05, 4.69) is 84.9 Å². The van der Waals surface area contributed by atoms with Gasteiger partial charge in [-0.2, -0.15) is 11.5 Å². The van der Waals surface area contributed by atoms with Crippen LogP contribution in [0.4, 0.5) is 0 Å². The number of aromatic amines is 1. The molecular formula is C20H32N4Y-2. The minimum Gasteiger partial charge on any atom is -0.330 e. The van der Waals surface area contributed by atoms with Crippen LogP contribution in [0, 0.1) is 23.3 Å². The Labute approximate surface area is 177 Å². The van der Waals surface area contributed by atoms with E-state index < -0.39 is 0 Å². The summed E-state index contributed by atoms with van der Waals surface area (Å²) in [5.41, 5.74) is 2.92. The minimum absolute atomic E-state index is 0. The van der Waals surface area contributed by atoms with Gasteiger partial charge in [0.05, 0.1) is 0 Å². The average Bonchev–Trinajstić information content (AvgIpc) is 2.78. The van der Waals surface area contributed by atoms with Crippen LogP contribution in [0.15, 0.2) is 17.3 Å². The zero-order valence-corrected chi connectivity index (χ0v) is 20.1. The predicted molar refractivity (Wildman–Crippen MR) is 99.6 cm³/mol. The van der Waals surface area contributed by atoms with E-state index in [1.165, 1.54) is 0 Å². The van der Waals surface area contributed by atoms with Crippen molar-refractivity contribution in [1.29, 1.82) is 0 Å². The van der Waals surface area contributed by atoms with E-state index in [9.17, 15) is 0 Å². The maximum absolute atomic E-state index is 4.95. The molecule has 4 nitrogen and oxygen atoms in total. The maximum atomic E-state index is 4.95. The second-order valence-electron chi connectivity index (χ2n) is 9.81. The number of aromatic nitrogens is 3. The standard InChI is InChI=1S/C20H32N4.Y/c1-18(2,3)12-14(19(4,5)6)22-16-10-11-17-21-13-15(20(7,8)9)24(17)23-16;/h11-14H,1-9H3,(H,22,23);/q-2;. The fourth-order valence-corrected chi connectivity index (χ4v) is 2.55. The molecule has 25 heavy (non-hydrogen) atoms. The van der Waals surface area contributed by atoms with E-state index in [4.69, 9.17) is 4.99 Å². The molecule has 0 saturated carbocycles. The van der Waals surface area contributed by atoms with Crippen LogP contribution in [-0.2, 0) is 38.1 Å². The van der Waals surface area contributed by atoms with Crippen molar-refractivity contribution in [3.05, 3.63) is 35.9 Å². The number of nitrogens with zero attached hydrogens (tertiary/aromatic N) is 3. The number of hydrogen-bond donors (Lipinski definition) is 1. The topological polar surface area (TPSA) is 45.5 Å². The molecule has 0 saturated heterocycles. The number of H-pyrrole nitrogens is 1. The van der Waals surface area contributed by atoms with Crippen LogP contribution in [0.2, 0.25) is 0 Å². The van der Waals surface area contributed by atoms with E-state index in [0.29, 0.717) is 0 Å². The molecule has 0 amide bonds. The summed E-state index contributed by atoms with van der Waals surface area (Å²) >= 11 is 0. The molecule has 5 heteroatoms. The number of rotatable bonds is 2. The second-order valence-corrected chi connectivity index (χ2v) is 9.81. The third-order valence-electron chi connectivity index (χ3n) is 3.93. The molecule has 0 spiro atoms. The van der Waals surface area contributed by atoms with Crippen LogP contribution >= 0.6 is 0 Å². The first-order valence-corrected chi connectivity index (χ1v) is 8.66. The third kappa shape index (κ3) is 6.03. The van der Waals surface area contributed by atoms with Gasteiger partial charge < -0.3 is 19.6 Å². The number of nitrogens with one attached hydrogen (secondary N) is 1. The molecule has 1 unspecified atom stereocenters. The third-order valence-corrected chi connectivity index (χ3v) is 3.93. The van der Waals surface area contributed by atoms with Crippen molar-refractivity contribution in [3.8, 4) is 0 Å². The van der Waals surface area contributed by atoms with Crippen molar-refractivity contribution in [2.24, 2.45) is 15.8 Å². The van der Waals surface area contributed by atoms with Gasteiger partial charge in [0.1, 0.15) is 0 Å². The van der Waals surface area contributed by atoms with Gasteiger partial charge in [-0.15, -0.1) is 0 Å². The maximum Gasteiger partial charge on any atom is 0.0438 e. The molecule has 0 aliphatic rings. The summed E-state index contributed by atoms with van der Waals surface area (Å²) in [5.74, 6) is 0. The molecule has 2 aromatic heterocycles. The van der Waals surface area contributed by atoms with Crippen LogP contribution in [0.25, 0.3) is 5.65 Å². The number of fused-ring (bicyclic) bond motifs is 1. The fourth-order valence-electron chi connectivity index (χ4n) is 2.55. The predicted octanol–water partition coefficient (Wildman–Crippen LogP) is 4.32. The number of hydrogen-bond acceptors (Lipinski definition) is 2. The summed E-state index contributed by atoms with van der Waals surface area (Å²) in [6, 6.07) is 5.24. The van der Waals surface area contributed by atoms with Gasteiger partial charge in [-0.05, 0) is 11.1 Å².